The average molecular weight is 437 g/mol. The van der Waals surface area contributed by atoms with Gasteiger partial charge in [-0.05, 0) is 162 Å². The Bertz CT molecular complexity index is 978. The number of halogens is 1. The van der Waals surface area contributed by atoms with Crippen molar-refractivity contribution in [1.29, 1.82) is 0 Å². The van der Waals surface area contributed by atoms with E-state index >= 15 is 0 Å². The molecule has 3 rings (SSSR count). The van der Waals surface area contributed by atoms with Crippen molar-refractivity contribution >= 4 is 0 Å². The Kier molecular flexibility index (Phi) is 7.53. The summed E-state index contributed by atoms with van der Waals surface area (Å²) in [5.41, 5.74) is 15.0. The molecule has 0 heterocycles. The first kappa shape index (κ1) is 24.6. The van der Waals surface area contributed by atoms with Crippen molar-refractivity contribution in [3.05, 3.63) is 62.5 Å². The minimum atomic E-state index is 0.259. The molecule has 0 bridgehead atoms. The van der Waals surface area contributed by atoms with Crippen molar-refractivity contribution in [3.63, 3.8) is 0 Å². The Balaban J connectivity index is 1.99. The fraction of sp³-hybridized carbons (Fsp3) is 0.533. The lowest BCUT2D eigenvalue weighted by molar-refractivity contribution is 0.130. The van der Waals surface area contributed by atoms with E-state index in [-0.39, 0.29) is 6.10 Å². The second-order valence-electron chi connectivity index (χ2n) is 10.1. The summed E-state index contributed by atoms with van der Waals surface area (Å²) in [7, 11) is 0. The van der Waals surface area contributed by atoms with Crippen LogP contribution in [0.2, 0.25) is 0 Å². The van der Waals surface area contributed by atoms with Gasteiger partial charge in [0.15, 0.2) is 0 Å². The molecule has 2 aromatic rings. The molecule has 0 aliphatic heterocycles. The normalized spacial score (nSPS) is 19.1. The lowest BCUT2D eigenvalue weighted by atomic mass is 9.81. The monoisotopic (exact) mass is 436 g/mol. The largest absolute Gasteiger partial charge is 0.490 e. The molecule has 1 aliphatic rings. The average Bonchev–Trinajstić information content (AvgIpc) is 2.79. The number of allylic oxidation sites excluding steroid dienone is 1. The van der Waals surface area contributed by atoms with Gasteiger partial charge in [-0.1, -0.05) is 6.08 Å². The summed E-state index contributed by atoms with van der Waals surface area (Å²) in [5.74, 6) is 1.67. The van der Waals surface area contributed by atoms with E-state index in [1.807, 2.05) is 0 Å². The van der Waals surface area contributed by atoms with E-state index in [9.17, 15) is 4.39 Å². The van der Waals surface area contributed by atoms with Crippen LogP contribution >= 0.6 is 0 Å². The molecule has 0 aromatic heterocycles. The number of benzene rings is 2. The maximum absolute atomic E-state index is 12.3. The third-order valence-corrected chi connectivity index (χ3v) is 8.44. The SMILES string of the molecule is Cc1c(C)c(C)c(-c2c(C)c(C)c(OC3CCC(C/C=C/F)CC3)c(C)c2C)c(C)c1C. The molecule has 2 aromatic carbocycles. The second-order valence-corrected chi connectivity index (χ2v) is 10.1. The van der Waals surface area contributed by atoms with Gasteiger partial charge in [-0.3, -0.25) is 0 Å². The number of hydrogen-bond donors (Lipinski definition) is 0. The third-order valence-electron chi connectivity index (χ3n) is 8.44. The Morgan fingerprint density at radius 3 is 1.47 bits per heavy atom. The molecular formula is C30H41FO. The molecule has 1 aliphatic carbocycles. The molecule has 32 heavy (non-hydrogen) atoms. The van der Waals surface area contributed by atoms with Crippen molar-refractivity contribution in [2.45, 2.75) is 101 Å². The summed E-state index contributed by atoms with van der Waals surface area (Å²) in [4.78, 5) is 0. The van der Waals surface area contributed by atoms with Crippen LogP contribution in [0.25, 0.3) is 11.1 Å². The summed E-state index contributed by atoms with van der Waals surface area (Å²) in [6.45, 7) is 20.2. The fourth-order valence-corrected chi connectivity index (χ4v) is 5.60. The maximum Gasteiger partial charge on any atom is 0.126 e. The minimum Gasteiger partial charge on any atom is -0.490 e. The van der Waals surface area contributed by atoms with E-state index in [0.29, 0.717) is 12.2 Å². The van der Waals surface area contributed by atoms with Gasteiger partial charge in [0.2, 0.25) is 0 Å². The highest BCUT2D eigenvalue weighted by molar-refractivity contribution is 5.82. The van der Waals surface area contributed by atoms with Gasteiger partial charge < -0.3 is 4.74 Å². The van der Waals surface area contributed by atoms with E-state index in [0.717, 1.165) is 37.9 Å². The first-order chi connectivity index (χ1) is 15.1. The van der Waals surface area contributed by atoms with E-state index in [1.54, 1.807) is 6.08 Å². The zero-order valence-corrected chi connectivity index (χ0v) is 21.6. The van der Waals surface area contributed by atoms with Crippen LogP contribution in [0.5, 0.6) is 5.75 Å². The van der Waals surface area contributed by atoms with Crippen LogP contribution in [0.3, 0.4) is 0 Å². The lowest BCUT2D eigenvalue weighted by Gasteiger charge is -2.31. The van der Waals surface area contributed by atoms with Crippen molar-refractivity contribution in [1.82, 2.24) is 0 Å². The molecule has 1 nitrogen and oxygen atoms in total. The van der Waals surface area contributed by atoms with Crippen molar-refractivity contribution in [2.24, 2.45) is 5.92 Å². The number of hydrogen-bond acceptors (Lipinski definition) is 1. The van der Waals surface area contributed by atoms with E-state index < -0.39 is 0 Å². The first-order valence-electron chi connectivity index (χ1n) is 12.2. The van der Waals surface area contributed by atoms with Crippen LogP contribution in [-0.4, -0.2) is 6.10 Å². The molecule has 0 radical (unpaired) electrons. The van der Waals surface area contributed by atoms with Crippen LogP contribution in [0.15, 0.2) is 12.4 Å². The van der Waals surface area contributed by atoms with Crippen LogP contribution in [0.4, 0.5) is 4.39 Å². The van der Waals surface area contributed by atoms with E-state index in [4.69, 9.17) is 4.74 Å². The van der Waals surface area contributed by atoms with Crippen LogP contribution < -0.4 is 4.74 Å². The van der Waals surface area contributed by atoms with Gasteiger partial charge >= 0.3 is 0 Å². The summed E-state index contributed by atoms with van der Waals surface area (Å²) >= 11 is 0. The van der Waals surface area contributed by atoms with Crippen molar-refractivity contribution in [3.8, 4) is 16.9 Å². The van der Waals surface area contributed by atoms with Gasteiger partial charge in [0.1, 0.15) is 5.75 Å². The van der Waals surface area contributed by atoms with Crippen molar-refractivity contribution < 1.29 is 9.13 Å². The zero-order chi connectivity index (χ0) is 23.7. The van der Waals surface area contributed by atoms with Gasteiger partial charge in [-0.2, -0.15) is 0 Å². The number of ether oxygens (including phenoxy) is 1. The van der Waals surface area contributed by atoms with Gasteiger partial charge in [-0.25, -0.2) is 4.39 Å². The summed E-state index contributed by atoms with van der Waals surface area (Å²) in [6.07, 6.45) is 7.79. The summed E-state index contributed by atoms with van der Waals surface area (Å²) in [6, 6.07) is 0. The lowest BCUT2D eigenvalue weighted by Crippen LogP contribution is -2.25. The van der Waals surface area contributed by atoms with Crippen LogP contribution in [-0.2, 0) is 0 Å². The minimum absolute atomic E-state index is 0.259. The molecule has 0 atom stereocenters. The molecule has 1 fully saturated rings. The van der Waals surface area contributed by atoms with Crippen molar-refractivity contribution in [2.75, 3.05) is 0 Å². The Hall–Kier alpha value is -2.09. The van der Waals surface area contributed by atoms with Crippen LogP contribution in [0.1, 0.15) is 82.2 Å². The molecule has 0 spiro atoms. The van der Waals surface area contributed by atoms with E-state index in [2.05, 4.69) is 62.3 Å². The van der Waals surface area contributed by atoms with Crippen LogP contribution in [0, 0.1) is 68.2 Å². The molecule has 0 saturated heterocycles. The molecule has 0 amide bonds. The fourth-order valence-electron chi connectivity index (χ4n) is 5.60. The topological polar surface area (TPSA) is 9.23 Å². The highest BCUT2D eigenvalue weighted by Crippen LogP contribution is 2.43. The molecule has 2 heteroatoms. The third kappa shape index (κ3) is 4.38. The quantitative estimate of drug-likeness (QED) is 0.454. The highest BCUT2D eigenvalue weighted by atomic mass is 19.1. The Labute approximate surface area is 195 Å². The first-order valence-corrected chi connectivity index (χ1v) is 12.2. The smallest absolute Gasteiger partial charge is 0.126 e. The summed E-state index contributed by atoms with van der Waals surface area (Å²) in [5, 5.41) is 0. The molecule has 174 valence electrons. The predicted octanol–water partition coefficient (Wildman–Crippen LogP) is 8.94. The highest BCUT2D eigenvalue weighted by Gasteiger charge is 2.26. The van der Waals surface area contributed by atoms with Gasteiger partial charge in [0, 0.05) is 0 Å². The summed E-state index contributed by atoms with van der Waals surface area (Å²) < 4.78 is 19.0. The van der Waals surface area contributed by atoms with Gasteiger partial charge in [0.25, 0.3) is 0 Å². The Morgan fingerprint density at radius 1 is 0.625 bits per heavy atom. The zero-order valence-electron chi connectivity index (χ0n) is 21.6. The maximum atomic E-state index is 12.3. The molecule has 0 unspecified atom stereocenters. The predicted molar refractivity (Wildman–Crippen MR) is 136 cm³/mol. The van der Waals surface area contributed by atoms with Gasteiger partial charge in [-0.15, -0.1) is 0 Å². The Morgan fingerprint density at radius 2 is 1.03 bits per heavy atom. The van der Waals surface area contributed by atoms with Gasteiger partial charge in [0.05, 0.1) is 12.4 Å². The molecular weight excluding hydrogens is 395 g/mol. The second kappa shape index (κ2) is 9.81. The number of rotatable bonds is 5. The van der Waals surface area contributed by atoms with E-state index in [1.165, 1.54) is 61.2 Å². The molecule has 1 saturated carbocycles. The molecule has 0 N–H and O–H groups in total. The standard InChI is InChI=1S/C30H41FO/c1-17-18(2)20(4)28(21(5)19(17)3)29-22(6)24(8)30(25(9)23(29)7)32-27-14-12-26(13-15-27)11-10-16-31/h10,16,26-27H,11-15H2,1-9H3/b16-10+.